The molecule has 0 saturated heterocycles. The molecule has 1 N–H and O–H groups in total. The van der Waals surface area contributed by atoms with Crippen LogP contribution in [0.3, 0.4) is 0 Å². The maximum Gasteiger partial charge on any atom is 0.252 e. The van der Waals surface area contributed by atoms with E-state index >= 15 is 0 Å². The lowest BCUT2D eigenvalue weighted by molar-refractivity contribution is 0.0939. The second kappa shape index (κ2) is 5.69. The third-order valence-corrected chi connectivity index (χ3v) is 3.15. The second-order valence-corrected chi connectivity index (χ2v) is 4.79. The number of rotatable bonds is 3. The number of hydrogen-bond acceptors (Lipinski definition) is 3. The number of aryl methyl sites for hydroxylation is 2. The molecule has 104 valence electrons. The third kappa shape index (κ3) is 3.12. The van der Waals surface area contributed by atoms with E-state index in [9.17, 15) is 9.59 Å². The molecule has 0 spiro atoms. The Balaban J connectivity index is 2.12. The fourth-order valence-electron chi connectivity index (χ4n) is 1.79. The summed E-state index contributed by atoms with van der Waals surface area (Å²) in [6.45, 7) is 3.79. The molecule has 0 fully saturated rings. The molecule has 1 atom stereocenters. The number of pyridine rings is 2. The van der Waals surface area contributed by atoms with Crippen molar-refractivity contribution < 1.29 is 4.79 Å². The zero-order valence-corrected chi connectivity index (χ0v) is 11.8. The van der Waals surface area contributed by atoms with Gasteiger partial charge in [0.1, 0.15) is 0 Å². The van der Waals surface area contributed by atoms with Gasteiger partial charge >= 0.3 is 0 Å². The summed E-state index contributed by atoms with van der Waals surface area (Å²) in [5.41, 5.74) is 2.01. The quantitative estimate of drug-likeness (QED) is 0.921. The highest BCUT2D eigenvalue weighted by atomic mass is 16.2. The van der Waals surface area contributed by atoms with Crippen LogP contribution >= 0.6 is 0 Å². The summed E-state index contributed by atoms with van der Waals surface area (Å²) in [5, 5.41) is 2.85. The first-order valence-corrected chi connectivity index (χ1v) is 6.37. The molecule has 0 radical (unpaired) electrons. The summed E-state index contributed by atoms with van der Waals surface area (Å²) in [7, 11) is 1.64. The molecule has 5 nitrogen and oxygen atoms in total. The SMILES string of the molecule is Cc1ccc(C(C)NC(=O)c2ccn(C)c(=O)c2)cn1. The van der Waals surface area contributed by atoms with E-state index in [2.05, 4.69) is 10.3 Å². The number of nitrogens with zero attached hydrogens (tertiary/aromatic N) is 2. The van der Waals surface area contributed by atoms with Gasteiger partial charge in [0, 0.05) is 36.8 Å². The Morgan fingerprint density at radius 3 is 2.70 bits per heavy atom. The molecule has 2 aromatic rings. The van der Waals surface area contributed by atoms with Crippen molar-refractivity contribution in [1.29, 1.82) is 0 Å². The molecule has 0 aromatic carbocycles. The van der Waals surface area contributed by atoms with E-state index in [4.69, 9.17) is 0 Å². The van der Waals surface area contributed by atoms with Crippen LogP contribution in [0.25, 0.3) is 0 Å². The molecule has 1 unspecified atom stereocenters. The Morgan fingerprint density at radius 2 is 2.10 bits per heavy atom. The van der Waals surface area contributed by atoms with Crippen LogP contribution in [0, 0.1) is 6.92 Å². The summed E-state index contributed by atoms with van der Waals surface area (Å²) >= 11 is 0. The van der Waals surface area contributed by atoms with Gasteiger partial charge in [0.2, 0.25) is 0 Å². The Kier molecular flexibility index (Phi) is 3.98. The molecule has 2 aromatic heterocycles. The standard InChI is InChI=1S/C15H17N3O2/c1-10-4-5-13(9-16-10)11(2)17-15(20)12-6-7-18(3)14(19)8-12/h4-9,11H,1-3H3,(H,17,20). The topological polar surface area (TPSA) is 64.0 Å². The molecular formula is C15H17N3O2. The normalized spacial score (nSPS) is 11.9. The zero-order valence-electron chi connectivity index (χ0n) is 11.8. The highest BCUT2D eigenvalue weighted by Crippen LogP contribution is 2.11. The lowest BCUT2D eigenvalue weighted by Gasteiger charge is -2.14. The number of amides is 1. The molecule has 0 bridgehead atoms. The first-order chi connectivity index (χ1) is 9.47. The number of hydrogen-bond donors (Lipinski definition) is 1. The Bertz CT molecular complexity index is 674. The summed E-state index contributed by atoms with van der Waals surface area (Å²) in [6, 6.07) is 6.61. The van der Waals surface area contributed by atoms with E-state index < -0.39 is 0 Å². The molecule has 1 amide bonds. The molecule has 5 heteroatoms. The van der Waals surface area contributed by atoms with Crippen molar-refractivity contribution in [3.63, 3.8) is 0 Å². The molecule has 0 aliphatic heterocycles. The minimum absolute atomic E-state index is 0.167. The smallest absolute Gasteiger partial charge is 0.252 e. The van der Waals surface area contributed by atoms with Crippen molar-refractivity contribution in [1.82, 2.24) is 14.9 Å². The first-order valence-electron chi connectivity index (χ1n) is 6.37. The lowest BCUT2D eigenvalue weighted by Crippen LogP contribution is -2.28. The van der Waals surface area contributed by atoms with Crippen molar-refractivity contribution in [2.45, 2.75) is 19.9 Å². The average Bonchev–Trinajstić information content (AvgIpc) is 2.42. The van der Waals surface area contributed by atoms with E-state index in [1.54, 1.807) is 25.5 Å². The number of aromatic nitrogens is 2. The van der Waals surface area contributed by atoms with E-state index in [1.807, 2.05) is 26.0 Å². The highest BCUT2D eigenvalue weighted by molar-refractivity contribution is 5.94. The minimum Gasteiger partial charge on any atom is -0.345 e. The van der Waals surface area contributed by atoms with Crippen LogP contribution in [0.5, 0.6) is 0 Å². The largest absolute Gasteiger partial charge is 0.345 e. The molecule has 0 saturated carbocycles. The fourth-order valence-corrected chi connectivity index (χ4v) is 1.79. The summed E-state index contributed by atoms with van der Waals surface area (Å²) < 4.78 is 1.42. The van der Waals surface area contributed by atoms with Crippen LogP contribution in [0.15, 0.2) is 41.5 Å². The monoisotopic (exact) mass is 271 g/mol. The van der Waals surface area contributed by atoms with E-state index in [0.29, 0.717) is 5.56 Å². The predicted molar refractivity (Wildman–Crippen MR) is 76.5 cm³/mol. The van der Waals surface area contributed by atoms with Gasteiger partial charge in [-0.2, -0.15) is 0 Å². The molecular weight excluding hydrogens is 254 g/mol. The highest BCUT2D eigenvalue weighted by Gasteiger charge is 2.12. The van der Waals surface area contributed by atoms with Crippen molar-refractivity contribution in [2.75, 3.05) is 0 Å². The van der Waals surface area contributed by atoms with Crippen molar-refractivity contribution in [3.05, 3.63) is 63.8 Å². The fraction of sp³-hybridized carbons (Fsp3) is 0.267. The third-order valence-electron chi connectivity index (χ3n) is 3.15. The van der Waals surface area contributed by atoms with Gasteiger partial charge in [-0.3, -0.25) is 14.6 Å². The first kappa shape index (κ1) is 14.0. The lowest BCUT2D eigenvalue weighted by atomic mass is 10.1. The van der Waals surface area contributed by atoms with Crippen molar-refractivity contribution >= 4 is 5.91 Å². The minimum atomic E-state index is -0.268. The Morgan fingerprint density at radius 1 is 1.35 bits per heavy atom. The Labute approximate surface area is 117 Å². The number of carbonyl (C=O) groups is 1. The van der Waals surface area contributed by atoms with Gasteiger partial charge in [0.25, 0.3) is 11.5 Å². The van der Waals surface area contributed by atoms with Crippen LogP contribution < -0.4 is 10.9 Å². The van der Waals surface area contributed by atoms with E-state index in [0.717, 1.165) is 11.3 Å². The number of carbonyl (C=O) groups excluding carboxylic acids is 1. The summed E-state index contributed by atoms with van der Waals surface area (Å²) in [4.78, 5) is 27.8. The van der Waals surface area contributed by atoms with Gasteiger partial charge in [-0.25, -0.2) is 0 Å². The molecule has 0 aliphatic rings. The van der Waals surface area contributed by atoms with Crippen LogP contribution in [0.1, 0.15) is 34.6 Å². The van der Waals surface area contributed by atoms with Gasteiger partial charge < -0.3 is 9.88 Å². The zero-order chi connectivity index (χ0) is 14.7. The predicted octanol–water partition coefficient (Wildman–Crippen LogP) is 1.58. The molecule has 2 heterocycles. The van der Waals surface area contributed by atoms with Gasteiger partial charge in [0.15, 0.2) is 0 Å². The average molecular weight is 271 g/mol. The van der Waals surface area contributed by atoms with Crippen LogP contribution in [-0.2, 0) is 7.05 Å². The van der Waals surface area contributed by atoms with Gasteiger partial charge in [-0.05, 0) is 31.5 Å². The summed E-state index contributed by atoms with van der Waals surface area (Å²) in [5.74, 6) is -0.268. The van der Waals surface area contributed by atoms with E-state index in [1.165, 1.54) is 10.6 Å². The van der Waals surface area contributed by atoms with Crippen LogP contribution in [0.4, 0.5) is 0 Å². The van der Waals surface area contributed by atoms with Crippen molar-refractivity contribution in [3.8, 4) is 0 Å². The molecule has 0 aliphatic carbocycles. The van der Waals surface area contributed by atoms with Crippen molar-refractivity contribution in [2.24, 2.45) is 7.05 Å². The van der Waals surface area contributed by atoms with Crippen LogP contribution in [0.2, 0.25) is 0 Å². The van der Waals surface area contributed by atoms with E-state index in [-0.39, 0.29) is 17.5 Å². The molecule has 20 heavy (non-hydrogen) atoms. The van der Waals surface area contributed by atoms with Gasteiger partial charge in [-0.15, -0.1) is 0 Å². The maximum absolute atomic E-state index is 12.1. The number of nitrogens with one attached hydrogen (secondary N) is 1. The van der Waals surface area contributed by atoms with Gasteiger partial charge in [-0.1, -0.05) is 6.07 Å². The second-order valence-electron chi connectivity index (χ2n) is 4.79. The molecule has 2 rings (SSSR count). The maximum atomic E-state index is 12.1. The summed E-state index contributed by atoms with van der Waals surface area (Å²) in [6.07, 6.45) is 3.32. The van der Waals surface area contributed by atoms with Crippen LogP contribution in [-0.4, -0.2) is 15.5 Å². The van der Waals surface area contributed by atoms with Gasteiger partial charge in [0.05, 0.1) is 6.04 Å². The Hall–Kier alpha value is -2.43.